The number of ether oxygens (including phenoxy) is 2. The Morgan fingerprint density at radius 3 is 2.29 bits per heavy atom. The number of pyridine rings is 1. The number of hydrogen-bond donors (Lipinski definition) is 0. The quantitative estimate of drug-likeness (QED) is 0.250. The Morgan fingerprint density at radius 2 is 1.59 bits per heavy atom. The molecule has 0 atom stereocenters. The number of carbonyl (C=O) groups excluding carboxylic acids is 1. The summed E-state index contributed by atoms with van der Waals surface area (Å²) in [6.07, 6.45) is 1.36. The number of rotatable bonds is 5. The predicted octanol–water partition coefficient (Wildman–Crippen LogP) is 6.90. The molecule has 0 radical (unpaired) electrons. The van der Waals surface area contributed by atoms with Crippen LogP contribution in [0.5, 0.6) is 11.5 Å². The summed E-state index contributed by atoms with van der Waals surface area (Å²) in [5.41, 5.74) is 3.05. The van der Waals surface area contributed by atoms with Crippen LogP contribution in [0.4, 0.5) is 4.79 Å². The molecular weight excluding hydrogens is 562 g/mol. The fourth-order valence-corrected chi connectivity index (χ4v) is 6.49. The third kappa shape index (κ3) is 6.32. The van der Waals surface area contributed by atoms with Gasteiger partial charge in [0.05, 0.1) is 15.4 Å². The standard InChI is InChI=1S/C31H32ClN3O5S/c1-21-20-33-29-26(12-7-13-27(29)32)28(21)22-8-5-9-23(18-22)39-24-10-6-11-25(19-24)41(37,38)35-16-14-34(15-17-35)30(36)40-31(2,3)4/h5-13,18-20H,14-17H2,1-4H3. The number of fused-ring (bicyclic) bond motifs is 1. The van der Waals surface area contributed by atoms with Crippen LogP contribution < -0.4 is 4.74 Å². The van der Waals surface area contributed by atoms with E-state index in [1.54, 1.807) is 45.2 Å². The molecule has 1 aliphatic rings. The van der Waals surface area contributed by atoms with Crippen LogP contribution in [0.3, 0.4) is 0 Å². The zero-order chi connectivity index (χ0) is 29.4. The fourth-order valence-electron chi connectivity index (χ4n) is 4.81. The van der Waals surface area contributed by atoms with E-state index in [4.69, 9.17) is 21.1 Å². The second-order valence-corrected chi connectivity index (χ2v) is 13.3. The molecule has 0 spiro atoms. The normalized spacial score (nSPS) is 14.7. The Labute approximate surface area is 245 Å². The maximum atomic E-state index is 13.4. The third-order valence-corrected chi connectivity index (χ3v) is 8.93. The van der Waals surface area contributed by atoms with E-state index in [1.165, 1.54) is 15.3 Å². The number of nitrogens with zero attached hydrogens (tertiary/aromatic N) is 3. The Morgan fingerprint density at radius 1 is 0.927 bits per heavy atom. The molecule has 1 aliphatic heterocycles. The summed E-state index contributed by atoms with van der Waals surface area (Å²) in [5, 5.41) is 1.52. The number of halogens is 1. The number of amides is 1. The van der Waals surface area contributed by atoms with Gasteiger partial charge in [-0.25, -0.2) is 13.2 Å². The van der Waals surface area contributed by atoms with E-state index in [9.17, 15) is 13.2 Å². The van der Waals surface area contributed by atoms with Gasteiger partial charge in [0.15, 0.2) is 0 Å². The Hall–Kier alpha value is -3.66. The Balaban J connectivity index is 1.34. The SMILES string of the molecule is Cc1cnc2c(Cl)cccc2c1-c1cccc(Oc2cccc(S(=O)(=O)N3CCN(C(=O)OC(C)(C)C)CC3)c2)c1. The fraction of sp³-hybridized carbons (Fsp3) is 0.290. The first-order chi connectivity index (χ1) is 19.4. The highest BCUT2D eigenvalue weighted by molar-refractivity contribution is 7.89. The first kappa shape index (κ1) is 28.9. The van der Waals surface area contributed by atoms with Gasteiger partial charge in [0.2, 0.25) is 10.0 Å². The molecule has 41 heavy (non-hydrogen) atoms. The predicted molar refractivity (Wildman–Crippen MR) is 160 cm³/mol. The van der Waals surface area contributed by atoms with E-state index in [1.807, 2.05) is 49.4 Å². The van der Waals surface area contributed by atoms with Crippen molar-refractivity contribution in [2.45, 2.75) is 38.2 Å². The molecule has 0 saturated carbocycles. The van der Waals surface area contributed by atoms with Gasteiger partial charge in [-0.15, -0.1) is 0 Å². The molecule has 8 nitrogen and oxygen atoms in total. The lowest BCUT2D eigenvalue weighted by Crippen LogP contribution is -2.51. The number of carbonyl (C=O) groups is 1. The minimum atomic E-state index is -3.79. The van der Waals surface area contributed by atoms with Gasteiger partial charge in [0, 0.05) is 43.8 Å². The van der Waals surface area contributed by atoms with Gasteiger partial charge in [-0.1, -0.05) is 41.9 Å². The van der Waals surface area contributed by atoms with Gasteiger partial charge in [-0.2, -0.15) is 4.31 Å². The lowest BCUT2D eigenvalue weighted by molar-refractivity contribution is 0.0192. The van der Waals surface area contributed by atoms with Gasteiger partial charge in [0.1, 0.15) is 17.1 Å². The van der Waals surface area contributed by atoms with Crippen molar-refractivity contribution in [3.8, 4) is 22.6 Å². The van der Waals surface area contributed by atoms with Crippen LogP contribution in [0.25, 0.3) is 22.0 Å². The Kier molecular flexibility index (Phi) is 7.96. The van der Waals surface area contributed by atoms with Crippen LogP contribution in [0.2, 0.25) is 5.02 Å². The van der Waals surface area contributed by atoms with Crippen molar-refractivity contribution in [1.82, 2.24) is 14.2 Å². The van der Waals surface area contributed by atoms with Crippen LogP contribution in [-0.2, 0) is 14.8 Å². The second kappa shape index (κ2) is 11.3. The summed E-state index contributed by atoms with van der Waals surface area (Å²) in [5.74, 6) is 0.962. The number of benzene rings is 3. The zero-order valence-electron chi connectivity index (χ0n) is 23.4. The topological polar surface area (TPSA) is 89.0 Å². The van der Waals surface area contributed by atoms with Crippen molar-refractivity contribution in [3.05, 3.63) is 83.5 Å². The first-order valence-electron chi connectivity index (χ1n) is 13.3. The van der Waals surface area contributed by atoms with Crippen molar-refractivity contribution in [3.63, 3.8) is 0 Å². The molecule has 0 unspecified atom stereocenters. The Bertz CT molecular complexity index is 1710. The maximum absolute atomic E-state index is 13.4. The van der Waals surface area contributed by atoms with Gasteiger partial charge in [-0.05, 0) is 74.7 Å². The lowest BCUT2D eigenvalue weighted by Gasteiger charge is -2.35. The maximum Gasteiger partial charge on any atom is 0.410 e. The molecule has 2 heterocycles. The summed E-state index contributed by atoms with van der Waals surface area (Å²) < 4.78 is 39.8. The molecule has 0 bridgehead atoms. The number of aryl methyl sites for hydroxylation is 1. The van der Waals surface area contributed by atoms with Crippen LogP contribution >= 0.6 is 11.6 Å². The summed E-state index contributed by atoms with van der Waals surface area (Å²) in [6.45, 7) is 8.27. The minimum absolute atomic E-state index is 0.127. The van der Waals surface area contributed by atoms with Gasteiger partial charge in [-0.3, -0.25) is 4.98 Å². The van der Waals surface area contributed by atoms with Crippen LogP contribution in [0, 0.1) is 6.92 Å². The molecule has 0 N–H and O–H groups in total. The summed E-state index contributed by atoms with van der Waals surface area (Å²) >= 11 is 6.40. The van der Waals surface area contributed by atoms with Crippen molar-refractivity contribution in [2.75, 3.05) is 26.2 Å². The minimum Gasteiger partial charge on any atom is -0.457 e. The monoisotopic (exact) mass is 593 g/mol. The average Bonchev–Trinajstić information content (AvgIpc) is 2.92. The van der Waals surface area contributed by atoms with Crippen molar-refractivity contribution >= 4 is 38.6 Å². The molecule has 1 saturated heterocycles. The van der Waals surface area contributed by atoms with E-state index in [0.29, 0.717) is 16.5 Å². The molecule has 0 aliphatic carbocycles. The zero-order valence-corrected chi connectivity index (χ0v) is 25.0. The van der Waals surface area contributed by atoms with Crippen molar-refractivity contribution in [2.24, 2.45) is 0 Å². The molecule has 1 amide bonds. The molecule has 1 aromatic heterocycles. The molecule has 3 aromatic carbocycles. The number of hydrogen-bond acceptors (Lipinski definition) is 6. The van der Waals surface area contributed by atoms with Crippen LogP contribution in [0.15, 0.2) is 77.8 Å². The number of para-hydroxylation sites is 1. The van der Waals surface area contributed by atoms with Crippen molar-refractivity contribution in [1.29, 1.82) is 0 Å². The molecule has 214 valence electrons. The van der Waals surface area contributed by atoms with E-state index in [-0.39, 0.29) is 31.1 Å². The molecule has 1 fully saturated rings. The van der Waals surface area contributed by atoms with E-state index in [2.05, 4.69) is 4.98 Å². The second-order valence-electron chi connectivity index (χ2n) is 10.9. The summed E-state index contributed by atoms with van der Waals surface area (Å²) in [4.78, 5) is 18.5. The average molecular weight is 594 g/mol. The van der Waals surface area contributed by atoms with E-state index >= 15 is 0 Å². The highest BCUT2D eigenvalue weighted by Crippen LogP contribution is 2.36. The van der Waals surface area contributed by atoms with Gasteiger partial charge < -0.3 is 14.4 Å². The smallest absolute Gasteiger partial charge is 0.410 e. The van der Waals surface area contributed by atoms with Crippen LogP contribution in [0.1, 0.15) is 26.3 Å². The van der Waals surface area contributed by atoms with Crippen LogP contribution in [-0.4, -0.2) is 60.5 Å². The molecule has 10 heteroatoms. The molecule has 5 rings (SSSR count). The van der Waals surface area contributed by atoms with Crippen molar-refractivity contribution < 1.29 is 22.7 Å². The molecule has 4 aromatic rings. The largest absolute Gasteiger partial charge is 0.457 e. The van der Waals surface area contributed by atoms with E-state index in [0.717, 1.165) is 27.6 Å². The summed E-state index contributed by atoms with van der Waals surface area (Å²) in [6, 6.07) is 19.8. The number of piperazine rings is 1. The summed E-state index contributed by atoms with van der Waals surface area (Å²) in [7, 11) is -3.79. The van der Waals surface area contributed by atoms with E-state index < -0.39 is 21.7 Å². The molecular formula is C31H32ClN3O5S. The highest BCUT2D eigenvalue weighted by Gasteiger charge is 2.32. The lowest BCUT2D eigenvalue weighted by atomic mass is 9.97. The number of aromatic nitrogens is 1. The number of sulfonamides is 1. The van der Waals surface area contributed by atoms with Gasteiger partial charge in [0.25, 0.3) is 0 Å². The third-order valence-electron chi connectivity index (χ3n) is 6.73. The van der Waals surface area contributed by atoms with Gasteiger partial charge >= 0.3 is 6.09 Å². The first-order valence-corrected chi connectivity index (χ1v) is 15.1. The highest BCUT2D eigenvalue weighted by atomic mass is 35.5.